The lowest BCUT2D eigenvalue weighted by Gasteiger charge is -2.12. The fourth-order valence-corrected chi connectivity index (χ4v) is 3.66. The molecule has 0 aromatic heterocycles. The summed E-state index contributed by atoms with van der Waals surface area (Å²) in [6.45, 7) is 2.73. The number of carbonyl (C=O) groups excluding carboxylic acids is 2. The lowest BCUT2D eigenvalue weighted by molar-refractivity contribution is -0.122. The summed E-state index contributed by atoms with van der Waals surface area (Å²) in [6, 6.07) is 11.4. The summed E-state index contributed by atoms with van der Waals surface area (Å²) in [5.74, 6) is 0.481. The van der Waals surface area contributed by atoms with Crippen molar-refractivity contribution in [3.63, 3.8) is 0 Å². The molecule has 2 amide bonds. The van der Waals surface area contributed by atoms with E-state index in [0.29, 0.717) is 22.9 Å². The van der Waals surface area contributed by atoms with Crippen LogP contribution in [0.15, 0.2) is 47.4 Å². The van der Waals surface area contributed by atoms with Gasteiger partial charge in [0, 0.05) is 6.54 Å². The van der Waals surface area contributed by atoms with Gasteiger partial charge in [0.1, 0.15) is 12.4 Å². The number of methoxy groups -OCH3 is 1. The minimum absolute atomic E-state index is 0.235. The summed E-state index contributed by atoms with van der Waals surface area (Å²) < 4.78 is 24.2. The Morgan fingerprint density at radius 1 is 1.10 bits per heavy atom. The van der Waals surface area contributed by atoms with Crippen molar-refractivity contribution >= 4 is 29.0 Å². The molecule has 1 saturated heterocycles. The average Bonchev–Trinajstić information content (AvgIpc) is 2.99. The second kappa shape index (κ2) is 9.60. The quantitative estimate of drug-likeness (QED) is 0.551. The molecule has 0 saturated carbocycles. The Morgan fingerprint density at radius 3 is 2.55 bits per heavy atom. The van der Waals surface area contributed by atoms with Crippen molar-refractivity contribution in [2.75, 3.05) is 13.7 Å². The van der Waals surface area contributed by atoms with Crippen LogP contribution in [-0.4, -0.2) is 29.7 Å². The fraction of sp³-hybridized carbons (Fsp3) is 0.273. The Hall–Kier alpha value is -2.80. The van der Waals surface area contributed by atoms with Crippen LogP contribution >= 0.6 is 11.8 Å². The largest absolute Gasteiger partial charge is 0.493 e. The molecule has 2 aromatic carbocycles. The highest BCUT2D eigenvalue weighted by atomic mass is 32.2. The molecular formula is C22H22FNO4S. The molecule has 0 aliphatic carbocycles. The molecule has 1 heterocycles. The first-order valence-electron chi connectivity index (χ1n) is 9.32. The van der Waals surface area contributed by atoms with Gasteiger partial charge in [-0.1, -0.05) is 31.5 Å². The Bertz CT molecular complexity index is 927. The Labute approximate surface area is 173 Å². The number of hydrogen-bond donors (Lipinski definition) is 0. The van der Waals surface area contributed by atoms with Crippen LogP contribution in [0.4, 0.5) is 9.18 Å². The molecule has 29 heavy (non-hydrogen) atoms. The Kier molecular flexibility index (Phi) is 6.93. The average molecular weight is 415 g/mol. The van der Waals surface area contributed by atoms with Crippen molar-refractivity contribution in [3.05, 3.63) is 64.3 Å². The molecule has 0 radical (unpaired) electrons. The van der Waals surface area contributed by atoms with Crippen LogP contribution in [0.3, 0.4) is 0 Å². The third kappa shape index (κ3) is 5.17. The number of amides is 2. The van der Waals surface area contributed by atoms with E-state index < -0.39 is 0 Å². The number of unbranched alkanes of at least 4 members (excludes halogenated alkanes) is 1. The van der Waals surface area contributed by atoms with Crippen molar-refractivity contribution in [2.24, 2.45) is 0 Å². The first kappa shape index (κ1) is 20.9. The van der Waals surface area contributed by atoms with E-state index in [9.17, 15) is 14.0 Å². The number of hydrogen-bond acceptors (Lipinski definition) is 5. The van der Waals surface area contributed by atoms with Gasteiger partial charge in [-0.25, -0.2) is 4.39 Å². The molecule has 0 N–H and O–H groups in total. The number of halogens is 1. The van der Waals surface area contributed by atoms with E-state index in [2.05, 4.69) is 0 Å². The van der Waals surface area contributed by atoms with Crippen molar-refractivity contribution in [1.82, 2.24) is 4.90 Å². The van der Waals surface area contributed by atoms with Gasteiger partial charge in [0.2, 0.25) is 0 Å². The number of nitrogens with zero attached hydrogens (tertiary/aromatic N) is 1. The number of imide groups is 1. The van der Waals surface area contributed by atoms with Crippen LogP contribution in [0.25, 0.3) is 6.08 Å². The maximum Gasteiger partial charge on any atom is 0.293 e. The van der Waals surface area contributed by atoms with Gasteiger partial charge >= 0.3 is 0 Å². The van der Waals surface area contributed by atoms with E-state index in [-0.39, 0.29) is 23.6 Å². The second-order valence-corrected chi connectivity index (χ2v) is 7.51. The number of thioether (sulfide) groups is 1. The van der Waals surface area contributed by atoms with Gasteiger partial charge in [0.25, 0.3) is 11.1 Å². The molecule has 1 aliphatic rings. The monoisotopic (exact) mass is 415 g/mol. The minimum atomic E-state index is -0.296. The number of carbonyl (C=O) groups is 2. The van der Waals surface area contributed by atoms with Crippen LogP contribution in [0.5, 0.6) is 11.5 Å². The van der Waals surface area contributed by atoms with Gasteiger partial charge < -0.3 is 9.47 Å². The fourth-order valence-electron chi connectivity index (χ4n) is 2.80. The van der Waals surface area contributed by atoms with Gasteiger partial charge in [-0.3, -0.25) is 14.5 Å². The molecule has 0 unspecified atom stereocenters. The smallest absolute Gasteiger partial charge is 0.293 e. The Balaban J connectivity index is 1.73. The zero-order chi connectivity index (χ0) is 20.8. The van der Waals surface area contributed by atoms with Gasteiger partial charge in [-0.05, 0) is 59.7 Å². The maximum atomic E-state index is 13.0. The number of benzene rings is 2. The van der Waals surface area contributed by atoms with E-state index >= 15 is 0 Å². The maximum absolute atomic E-state index is 13.0. The van der Waals surface area contributed by atoms with Crippen LogP contribution in [0.2, 0.25) is 0 Å². The van der Waals surface area contributed by atoms with Crippen LogP contribution in [0, 0.1) is 5.82 Å². The van der Waals surface area contributed by atoms with Gasteiger partial charge in [-0.2, -0.15) is 0 Å². The van der Waals surface area contributed by atoms with Crippen molar-refractivity contribution in [1.29, 1.82) is 0 Å². The molecule has 152 valence electrons. The normalized spacial score (nSPS) is 15.3. The molecule has 3 rings (SSSR count). The highest BCUT2D eigenvalue weighted by molar-refractivity contribution is 8.18. The van der Waals surface area contributed by atoms with Gasteiger partial charge in [0.15, 0.2) is 11.5 Å². The minimum Gasteiger partial charge on any atom is -0.493 e. The first-order chi connectivity index (χ1) is 14.0. The molecule has 2 aromatic rings. The van der Waals surface area contributed by atoms with Crippen LogP contribution < -0.4 is 9.47 Å². The van der Waals surface area contributed by atoms with E-state index in [1.165, 1.54) is 24.1 Å². The van der Waals surface area contributed by atoms with Crippen LogP contribution in [-0.2, 0) is 11.4 Å². The second-order valence-electron chi connectivity index (χ2n) is 6.51. The third-order valence-corrected chi connectivity index (χ3v) is 5.31. The number of rotatable bonds is 8. The number of ether oxygens (including phenoxy) is 2. The van der Waals surface area contributed by atoms with Crippen molar-refractivity contribution in [2.45, 2.75) is 26.4 Å². The molecule has 1 fully saturated rings. The molecular weight excluding hydrogens is 393 g/mol. The molecule has 0 bridgehead atoms. The van der Waals surface area contributed by atoms with Gasteiger partial charge in [0.05, 0.1) is 12.0 Å². The molecule has 7 heteroatoms. The van der Waals surface area contributed by atoms with Gasteiger partial charge in [-0.15, -0.1) is 0 Å². The highest BCUT2D eigenvalue weighted by Gasteiger charge is 2.34. The van der Waals surface area contributed by atoms with E-state index in [4.69, 9.17) is 9.47 Å². The predicted octanol–water partition coefficient (Wildman–Crippen LogP) is 5.25. The summed E-state index contributed by atoms with van der Waals surface area (Å²) in [7, 11) is 1.53. The molecule has 5 nitrogen and oxygen atoms in total. The summed E-state index contributed by atoms with van der Waals surface area (Å²) in [5.41, 5.74) is 1.57. The van der Waals surface area contributed by atoms with Crippen LogP contribution in [0.1, 0.15) is 30.9 Å². The summed E-state index contributed by atoms with van der Waals surface area (Å²) >= 11 is 0.949. The highest BCUT2D eigenvalue weighted by Crippen LogP contribution is 2.34. The summed E-state index contributed by atoms with van der Waals surface area (Å²) in [5, 5.41) is -0.235. The third-order valence-electron chi connectivity index (χ3n) is 4.40. The van der Waals surface area contributed by atoms with Crippen molar-refractivity contribution in [3.8, 4) is 11.5 Å². The topological polar surface area (TPSA) is 55.8 Å². The van der Waals surface area contributed by atoms with Crippen molar-refractivity contribution < 1.29 is 23.5 Å². The standard InChI is InChI=1S/C22H22FNO4S/c1-3-4-11-24-21(25)20(29-22(24)26)13-16-7-10-18(19(12-16)27-2)28-14-15-5-8-17(23)9-6-15/h5-10,12-13H,3-4,11,14H2,1-2H3/b20-13-. The molecule has 0 atom stereocenters. The van der Waals surface area contributed by atoms with E-state index in [0.717, 1.165) is 35.7 Å². The molecule has 0 spiro atoms. The predicted molar refractivity (Wildman–Crippen MR) is 111 cm³/mol. The van der Waals surface area contributed by atoms with E-state index in [1.54, 1.807) is 36.4 Å². The first-order valence-corrected chi connectivity index (χ1v) is 10.1. The summed E-state index contributed by atoms with van der Waals surface area (Å²) in [4.78, 5) is 26.2. The Morgan fingerprint density at radius 2 is 1.86 bits per heavy atom. The molecule has 1 aliphatic heterocycles. The van der Waals surface area contributed by atoms with E-state index in [1.807, 2.05) is 6.92 Å². The lowest BCUT2D eigenvalue weighted by Crippen LogP contribution is -2.29. The lowest BCUT2D eigenvalue weighted by atomic mass is 10.1. The zero-order valence-electron chi connectivity index (χ0n) is 16.3. The zero-order valence-corrected chi connectivity index (χ0v) is 17.1. The SMILES string of the molecule is CCCCN1C(=O)S/C(=C\c2ccc(OCc3ccc(F)cc3)c(OC)c2)C1=O. The summed E-state index contributed by atoms with van der Waals surface area (Å²) in [6.07, 6.45) is 3.39.